The maximum atomic E-state index is 11.2. The van der Waals surface area contributed by atoms with Crippen LogP contribution in [0.3, 0.4) is 0 Å². The van der Waals surface area contributed by atoms with Gasteiger partial charge in [-0.05, 0) is 36.3 Å². The van der Waals surface area contributed by atoms with Crippen LogP contribution in [0.2, 0.25) is 0 Å². The van der Waals surface area contributed by atoms with E-state index >= 15 is 0 Å². The third-order valence-corrected chi connectivity index (χ3v) is 9.00. The lowest BCUT2D eigenvalue weighted by Crippen LogP contribution is -2.24. The maximum absolute atomic E-state index is 11.2. The summed E-state index contributed by atoms with van der Waals surface area (Å²) in [4.78, 5) is 37.2. The Balaban J connectivity index is 1.15. The van der Waals surface area contributed by atoms with Gasteiger partial charge in [-0.3, -0.25) is 9.69 Å². The molecule has 0 unspecified atom stereocenters. The third-order valence-electron chi connectivity index (χ3n) is 6.89. The number of ether oxygens (including phenoxy) is 2. The molecule has 0 atom stereocenters. The van der Waals surface area contributed by atoms with Crippen LogP contribution in [0.4, 0.5) is 11.5 Å². The smallest absolute Gasteiger partial charge is 0.305 e. The van der Waals surface area contributed by atoms with Crippen LogP contribution >= 0.6 is 23.5 Å². The number of imidazole rings is 1. The second-order valence-electron chi connectivity index (χ2n) is 9.81. The molecule has 1 aromatic carbocycles. The minimum atomic E-state index is -0.111. The Morgan fingerprint density at radius 3 is 2.59 bits per heavy atom. The first-order valence-corrected chi connectivity index (χ1v) is 15.7. The van der Waals surface area contributed by atoms with Crippen LogP contribution in [0.5, 0.6) is 0 Å². The highest BCUT2D eigenvalue weighted by molar-refractivity contribution is 7.99. The van der Waals surface area contributed by atoms with E-state index in [4.69, 9.17) is 4.74 Å². The summed E-state index contributed by atoms with van der Waals surface area (Å²) >= 11 is 3.37. The molecule has 0 spiro atoms. The molecule has 4 aromatic rings. The van der Waals surface area contributed by atoms with E-state index in [1.54, 1.807) is 49.4 Å². The molecule has 0 fully saturated rings. The molecule has 0 aliphatic carbocycles. The van der Waals surface area contributed by atoms with Crippen LogP contribution in [0.25, 0.3) is 11.2 Å². The number of nitrogens with zero attached hydrogens (tertiary/aromatic N) is 7. The van der Waals surface area contributed by atoms with E-state index in [2.05, 4.69) is 57.3 Å². The fraction of sp³-hybridized carbons (Fsp3) is 0.448. The highest BCUT2D eigenvalue weighted by Crippen LogP contribution is 2.46. The number of carbonyl (C=O) groups excluding carboxylic acids is 1. The summed E-state index contributed by atoms with van der Waals surface area (Å²) < 4.78 is 12.3. The van der Waals surface area contributed by atoms with Crippen molar-refractivity contribution in [3.05, 3.63) is 48.8 Å². The SMILES string of the molecule is COCN1c2cc(Cn3cnc4c(SCCCCCCCCCC(=O)OC)ncnc43)ccc2Sc2nccnc21. The van der Waals surface area contributed by atoms with Gasteiger partial charge in [-0.25, -0.2) is 24.9 Å². The molecule has 12 heteroatoms. The van der Waals surface area contributed by atoms with E-state index < -0.39 is 0 Å². The number of hydrogen-bond donors (Lipinski definition) is 0. The summed E-state index contributed by atoms with van der Waals surface area (Å²) in [6.45, 7) is 1.03. The van der Waals surface area contributed by atoms with Crippen LogP contribution in [0, 0.1) is 0 Å². The third kappa shape index (κ3) is 7.35. The van der Waals surface area contributed by atoms with Crippen molar-refractivity contribution < 1.29 is 14.3 Å². The van der Waals surface area contributed by atoms with Gasteiger partial charge in [-0.1, -0.05) is 49.9 Å². The van der Waals surface area contributed by atoms with Gasteiger partial charge in [0, 0.05) is 30.8 Å². The van der Waals surface area contributed by atoms with Crippen LogP contribution < -0.4 is 4.90 Å². The zero-order chi connectivity index (χ0) is 28.4. The standard InChI is InChI=1S/C29H35N7O3S2/c1-38-20-36-22-16-21(11-12-23(22)41-29-27(36)30-13-14-31-29)17-35-19-34-25-26(35)32-18-33-28(25)40-15-9-7-5-3-4-6-8-10-24(37)39-2/h11-14,16,18-19H,3-10,15,17,20H2,1-2H3. The molecule has 0 radical (unpaired) electrons. The average molecular weight is 594 g/mol. The topological polar surface area (TPSA) is 108 Å². The monoisotopic (exact) mass is 593 g/mol. The lowest BCUT2D eigenvalue weighted by molar-refractivity contribution is -0.140. The summed E-state index contributed by atoms with van der Waals surface area (Å²) in [7, 11) is 3.13. The van der Waals surface area contributed by atoms with E-state index in [9.17, 15) is 4.79 Å². The van der Waals surface area contributed by atoms with Crippen molar-refractivity contribution in [3.63, 3.8) is 0 Å². The number of benzene rings is 1. The molecule has 1 aliphatic rings. The van der Waals surface area contributed by atoms with Crippen LogP contribution in [-0.4, -0.2) is 62.2 Å². The van der Waals surface area contributed by atoms with Gasteiger partial charge in [0.15, 0.2) is 11.5 Å². The molecular formula is C29H35N7O3S2. The quantitative estimate of drug-likeness (QED) is 0.0675. The second kappa shape index (κ2) is 14.6. The summed E-state index contributed by atoms with van der Waals surface area (Å²) in [6, 6.07) is 6.45. The van der Waals surface area contributed by atoms with Crippen LogP contribution in [-0.2, 0) is 20.8 Å². The number of rotatable bonds is 15. The molecule has 0 bridgehead atoms. The Morgan fingerprint density at radius 1 is 0.951 bits per heavy atom. The second-order valence-corrected chi connectivity index (χ2v) is 11.9. The van der Waals surface area contributed by atoms with E-state index in [-0.39, 0.29) is 5.97 Å². The Hall–Kier alpha value is -3.22. The highest BCUT2D eigenvalue weighted by atomic mass is 32.2. The molecule has 216 valence electrons. The summed E-state index contributed by atoms with van der Waals surface area (Å²) in [5, 5.41) is 1.81. The van der Waals surface area contributed by atoms with Gasteiger partial charge in [0.05, 0.1) is 25.7 Å². The number of thioether (sulfide) groups is 1. The fourth-order valence-corrected chi connectivity index (χ4v) is 6.75. The van der Waals surface area contributed by atoms with Crippen molar-refractivity contribution in [2.75, 3.05) is 31.6 Å². The number of aromatic nitrogens is 6. The predicted octanol–water partition coefficient (Wildman–Crippen LogP) is 6.26. The predicted molar refractivity (Wildman–Crippen MR) is 161 cm³/mol. The average Bonchev–Trinajstić information content (AvgIpc) is 3.41. The van der Waals surface area contributed by atoms with E-state index in [0.717, 1.165) is 68.2 Å². The number of fused-ring (bicyclic) bond motifs is 3. The Labute approximate surface area is 248 Å². The maximum Gasteiger partial charge on any atom is 0.305 e. The molecule has 3 aromatic heterocycles. The highest BCUT2D eigenvalue weighted by Gasteiger charge is 2.26. The van der Waals surface area contributed by atoms with Gasteiger partial charge >= 0.3 is 5.97 Å². The van der Waals surface area contributed by atoms with Gasteiger partial charge in [0.25, 0.3) is 0 Å². The van der Waals surface area contributed by atoms with Crippen molar-refractivity contribution in [1.29, 1.82) is 0 Å². The number of hydrogen-bond acceptors (Lipinski definition) is 11. The molecule has 10 nitrogen and oxygen atoms in total. The summed E-state index contributed by atoms with van der Waals surface area (Å²) in [6.07, 6.45) is 15.4. The number of carbonyl (C=O) groups is 1. The minimum Gasteiger partial charge on any atom is -0.469 e. The fourth-order valence-electron chi connectivity index (χ4n) is 4.82. The molecule has 0 N–H and O–H groups in total. The van der Waals surface area contributed by atoms with E-state index in [1.807, 2.05) is 6.33 Å². The van der Waals surface area contributed by atoms with Crippen LogP contribution in [0.15, 0.2) is 58.2 Å². The number of unbranched alkanes of at least 4 members (excludes halogenated alkanes) is 6. The molecule has 5 rings (SSSR count). The normalized spacial score (nSPS) is 12.4. The molecule has 0 amide bonds. The lowest BCUT2D eigenvalue weighted by Gasteiger charge is -2.30. The Kier molecular flexibility index (Phi) is 10.4. The number of esters is 1. The van der Waals surface area contributed by atoms with Gasteiger partial charge in [0.2, 0.25) is 0 Å². The minimum absolute atomic E-state index is 0.111. The van der Waals surface area contributed by atoms with Crippen molar-refractivity contribution >= 4 is 52.2 Å². The number of anilines is 2. The molecular weight excluding hydrogens is 558 g/mol. The molecule has 0 saturated heterocycles. The van der Waals surface area contributed by atoms with Crippen molar-refractivity contribution in [2.45, 2.75) is 72.9 Å². The van der Waals surface area contributed by atoms with Crippen molar-refractivity contribution in [1.82, 2.24) is 29.5 Å². The summed E-state index contributed by atoms with van der Waals surface area (Å²) in [5.41, 5.74) is 3.88. The number of methoxy groups -OCH3 is 2. The van der Waals surface area contributed by atoms with E-state index in [0.29, 0.717) is 19.7 Å². The molecule has 0 saturated carbocycles. The van der Waals surface area contributed by atoms with E-state index in [1.165, 1.54) is 32.8 Å². The zero-order valence-electron chi connectivity index (χ0n) is 23.5. The zero-order valence-corrected chi connectivity index (χ0v) is 25.1. The van der Waals surface area contributed by atoms with Crippen molar-refractivity contribution in [3.8, 4) is 0 Å². The molecule has 4 heterocycles. The van der Waals surface area contributed by atoms with Gasteiger partial charge < -0.3 is 14.0 Å². The largest absolute Gasteiger partial charge is 0.469 e. The molecule has 41 heavy (non-hydrogen) atoms. The van der Waals surface area contributed by atoms with Gasteiger partial charge in [-0.2, -0.15) is 0 Å². The molecule has 1 aliphatic heterocycles. The first kappa shape index (κ1) is 29.3. The lowest BCUT2D eigenvalue weighted by atomic mass is 10.1. The Morgan fingerprint density at radius 2 is 1.76 bits per heavy atom. The van der Waals surface area contributed by atoms with Crippen molar-refractivity contribution in [2.24, 2.45) is 0 Å². The summed E-state index contributed by atoms with van der Waals surface area (Å²) in [5.74, 6) is 1.70. The first-order chi connectivity index (χ1) is 20.2. The first-order valence-electron chi connectivity index (χ1n) is 13.9. The Bertz CT molecular complexity index is 1470. The van der Waals surface area contributed by atoms with Crippen LogP contribution in [0.1, 0.15) is 56.9 Å². The van der Waals surface area contributed by atoms with Gasteiger partial charge in [0.1, 0.15) is 28.6 Å². The van der Waals surface area contributed by atoms with Gasteiger partial charge in [-0.15, -0.1) is 11.8 Å².